The topological polar surface area (TPSA) is 26.0 Å². The van der Waals surface area contributed by atoms with E-state index in [1.165, 1.54) is 6.07 Å². The van der Waals surface area contributed by atoms with Crippen LogP contribution in [0, 0.1) is 18.2 Å². The third-order valence-electron chi connectivity index (χ3n) is 3.49. The molecule has 0 heterocycles. The van der Waals surface area contributed by atoms with Crippen LogP contribution >= 0.6 is 0 Å². The van der Waals surface area contributed by atoms with Crippen molar-refractivity contribution in [3.05, 3.63) is 35.1 Å². The van der Waals surface area contributed by atoms with E-state index in [4.69, 9.17) is 5.73 Å². The maximum Gasteiger partial charge on any atom is 0.123 e. The summed E-state index contributed by atoms with van der Waals surface area (Å²) in [5, 5.41) is 0. The Morgan fingerprint density at radius 1 is 1.36 bits per heavy atom. The van der Waals surface area contributed by atoms with Crippen LogP contribution in [0.25, 0.3) is 0 Å². The zero-order chi connectivity index (χ0) is 10.5. The third-order valence-corrected chi connectivity index (χ3v) is 3.49. The summed E-state index contributed by atoms with van der Waals surface area (Å²) in [6.45, 7) is 6.27. The van der Waals surface area contributed by atoms with Crippen LogP contribution in [0.4, 0.5) is 4.39 Å². The normalized spacial score (nSPS) is 28.9. The van der Waals surface area contributed by atoms with E-state index in [0.29, 0.717) is 5.92 Å². The fourth-order valence-electron chi connectivity index (χ4n) is 2.22. The summed E-state index contributed by atoms with van der Waals surface area (Å²) < 4.78 is 13.1. The van der Waals surface area contributed by atoms with Crippen LogP contribution in [0.3, 0.4) is 0 Å². The molecule has 1 aliphatic rings. The summed E-state index contributed by atoms with van der Waals surface area (Å²) in [5.74, 6) is 0.152. The van der Waals surface area contributed by atoms with Gasteiger partial charge in [0.2, 0.25) is 0 Å². The Labute approximate surface area is 84.1 Å². The molecule has 1 aromatic rings. The monoisotopic (exact) mass is 193 g/mol. The zero-order valence-electron chi connectivity index (χ0n) is 8.84. The van der Waals surface area contributed by atoms with Gasteiger partial charge in [0.1, 0.15) is 5.82 Å². The summed E-state index contributed by atoms with van der Waals surface area (Å²) in [4.78, 5) is 0. The first-order valence-electron chi connectivity index (χ1n) is 4.96. The maximum atomic E-state index is 13.1. The molecule has 0 bridgehead atoms. The zero-order valence-corrected chi connectivity index (χ0v) is 8.84. The predicted octanol–water partition coefficient (Wildman–Crippen LogP) is 2.58. The molecule has 2 N–H and O–H groups in total. The average molecular weight is 193 g/mol. The van der Waals surface area contributed by atoms with Gasteiger partial charge in [0.25, 0.3) is 0 Å². The van der Waals surface area contributed by atoms with Crippen molar-refractivity contribution in [3.8, 4) is 0 Å². The molecule has 0 amide bonds. The Balaban J connectivity index is 2.39. The van der Waals surface area contributed by atoms with Gasteiger partial charge in [-0.05, 0) is 35.6 Å². The Hall–Kier alpha value is -0.890. The second-order valence-electron chi connectivity index (χ2n) is 4.83. The third kappa shape index (κ3) is 1.25. The van der Waals surface area contributed by atoms with E-state index in [9.17, 15) is 4.39 Å². The van der Waals surface area contributed by atoms with Crippen LogP contribution in [0.15, 0.2) is 18.2 Å². The SMILES string of the molecule is Cc1ccc(F)cc1[C@@H]1[C@@H](N)C1(C)C. The van der Waals surface area contributed by atoms with E-state index in [2.05, 4.69) is 13.8 Å². The minimum Gasteiger partial charge on any atom is -0.327 e. The molecule has 1 aromatic carbocycles. The van der Waals surface area contributed by atoms with Crippen molar-refractivity contribution in [1.29, 1.82) is 0 Å². The van der Waals surface area contributed by atoms with Gasteiger partial charge in [0.05, 0.1) is 0 Å². The number of nitrogens with two attached hydrogens (primary N) is 1. The molecule has 76 valence electrons. The van der Waals surface area contributed by atoms with Crippen molar-refractivity contribution in [2.75, 3.05) is 0 Å². The lowest BCUT2D eigenvalue weighted by molar-refractivity contribution is 0.593. The summed E-state index contributed by atoms with van der Waals surface area (Å²) in [6.07, 6.45) is 0. The number of hydrogen-bond acceptors (Lipinski definition) is 1. The second-order valence-corrected chi connectivity index (χ2v) is 4.83. The predicted molar refractivity (Wildman–Crippen MR) is 55.6 cm³/mol. The maximum absolute atomic E-state index is 13.1. The van der Waals surface area contributed by atoms with Crippen LogP contribution in [0.1, 0.15) is 30.9 Å². The Morgan fingerprint density at radius 2 is 1.93 bits per heavy atom. The molecule has 2 atom stereocenters. The van der Waals surface area contributed by atoms with Gasteiger partial charge in [0, 0.05) is 12.0 Å². The molecule has 1 aliphatic carbocycles. The van der Waals surface area contributed by atoms with Gasteiger partial charge in [-0.15, -0.1) is 0 Å². The highest BCUT2D eigenvalue weighted by Crippen LogP contribution is 2.57. The van der Waals surface area contributed by atoms with Gasteiger partial charge in [-0.1, -0.05) is 19.9 Å². The van der Waals surface area contributed by atoms with E-state index >= 15 is 0 Å². The molecule has 0 aliphatic heterocycles. The van der Waals surface area contributed by atoms with Crippen LogP contribution < -0.4 is 5.73 Å². The lowest BCUT2D eigenvalue weighted by atomic mass is 9.99. The van der Waals surface area contributed by atoms with Crippen molar-refractivity contribution in [2.45, 2.75) is 32.7 Å². The molecule has 0 aromatic heterocycles. The van der Waals surface area contributed by atoms with E-state index < -0.39 is 0 Å². The largest absolute Gasteiger partial charge is 0.327 e. The standard InChI is InChI=1S/C12H16FN/c1-7-4-5-8(13)6-9(7)10-11(14)12(10,2)3/h4-6,10-11H,14H2,1-3H3/t10-,11-/m1/s1. The number of halogens is 1. The van der Waals surface area contributed by atoms with Crippen LogP contribution in [0.2, 0.25) is 0 Å². The molecular formula is C12H16FN. The van der Waals surface area contributed by atoms with E-state index in [1.807, 2.05) is 13.0 Å². The number of aryl methyl sites for hydroxylation is 1. The van der Waals surface area contributed by atoms with Crippen LogP contribution in [-0.4, -0.2) is 6.04 Å². The van der Waals surface area contributed by atoms with E-state index in [0.717, 1.165) is 11.1 Å². The van der Waals surface area contributed by atoms with E-state index in [-0.39, 0.29) is 17.3 Å². The molecule has 1 saturated carbocycles. The lowest BCUT2D eigenvalue weighted by Crippen LogP contribution is -2.06. The van der Waals surface area contributed by atoms with Crippen molar-refractivity contribution < 1.29 is 4.39 Å². The van der Waals surface area contributed by atoms with Crippen molar-refractivity contribution in [3.63, 3.8) is 0 Å². The molecule has 0 unspecified atom stereocenters. The Kier molecular flexibility index (Phi) is 1.93. The molecule has 1 fully saturated rings. The van der Waals surface area contributed by atoms with Gasteiger partial charge >= 0.3 is 0 Å². The summed E-state index contributed by atoms with van der Waals surface area (Å²) in [6, 6.07) is 5.11. The Bertz CT molecular complexity index is 371. The lowest BCUT2D eigenvalue weighted by Gasteiger charge is -2.06. The number of hydrogen-bond donors (Lipinski definition) is 1. The average Bonchev–Trinajstić information content (AvgIpc) is 2.58. The highest BCUT2D eigenvalue weighted by molar-refractivity contribution is 5.39. The molecule has 0 radical (unpaired) electrons. The summed E-state index contributed by atoms with van der Waals surface area (Å²) in [5.41, 5.74) is 8.30. The first-order chi connectivity index (χ1) is 6.44. The molecule has 2 rings (SSSR count). The highest BCUT2D eigenvalue weighted by atomic mass is 19.1. The van der Waals surface area contributed by atoms with Crippen LogP contribution in [0.5, 0.6) is 0 Å². The smallest absolute Gasteiger partial charge is 0.123 e. The fraction of sp³-hybridized carbons (Fsp3) is 0.500. The molecule has 0 saturated heterocycles. The second kappa shape index (κ2) is 2.80. The highest BCUT2D eigenvalue weighted by Gasteiger charge is 2.56. The first kappa shape index (κ1) is 9.66. The van der Waals surface area contributed by atoms with Crippen molar-refractivity contribution >= 4 is 0 Å². The molecule has 1 nitrogen and oxygen atoms in total. The van der Waals surface area contributed by atoms with Gasteiger partial charge in [-0.25, -0.2) is 4.39 Å². The molecule has 0 spiro atoms. The minimum absolute atomic E-state index is 0.124. The minimum atomic E-state index is -0.166. The Morgan fingerprint density at radius 3 is 2.43 bits per heavy atom. The fourth-order valence-corrected chi connectivity index (χ4v) is 2.22. The van der Waals surface area contributed by atoms with Gasteiger partial charge in [-0.3, -0.25) is 0 Å². The van der Waals surface area contributed by atoms with Crippen LogP contribution in [-0.2, 0) is 0 Å². The molecule has 14 heavy (non-hydrogen) atoms. The summed E-state index contributed by atoms with van der Waals surface area (Å²) in [7, 11) is 0. The molecular weight excluding hydrogens is 177 g/mol. The van der Waals surface area contributed by atoms with E-state index in [1.54, 1.807) is 6.07 Å². The van der Waals surface area contributed by atoms with Crippen molar-refractivity contribution in [1.82, 2.24) is 0 Å². The number of benzene rings is 1. The van der Waals surface area contributed by atoms with Gasteiger partial charge in [-0.2, -0.15) is 0 Å². The number of rotatable bonds is 1. The van der Waals surface area contributed by atoms with Gasteiger partial charge in [0.15, 0.2) is 0 Å². The molecule has 2 heteroatoms. The van der Waals surface area contributed by atoms with Gasteiger partial charge < -0.3 is 5.73 Å². The summed E-state index contributed by atoms with van der Waals surface area (Å²) >= 11 is 0. The van der Waals surface area contributed by atoms with Crippen molar-refractivity contribution in [2.24, 2.45) is 11.1 Å². The first-order valence-corrected chi connectivity index (χ1v) is 4.96. The quantitative estimate of drug-likeness (QED) is 0.729.